The summed E-state index contributed by atoms with van der Waals surface area (Å²) in [5.41, 5.74) is 1.28. The van der Waals surface area contributed by atoms with E-state index in [1.54, 1.807) is 23.2 Å². The van der Waals surface area contributed by atoms with Gasteiger partial charge in [-0.3, -0.25) is 9.78 Å². The van der Waals surface area contributed by atoms with Crippen LogP contribution in [-0.4, -0.2) is 51.9 Å². The third kappa shape index (κ3) is 3.60. The molecule has 3 heterocycles. The number of amides is 1. The van der Waals surface area contributed by atoms with Crippen LogP contribution in [-0.2, 0) is 0 Å². The quantitative estimate of drug-likeness (QED) is 0.821. The van der Waals surface area contributed by atoms with Gasteiger partial charge in [0.25, 0.3) is 5.91 Å². The molecule has 1 amide bonds. The number of fused-ring (bicyclic) bond motifs is 1. The Balaban J connectivity index is 1.62. The number of carbonyl (C=O) groups is 1. The number of nitrogens with zero attached hydrogens (tertiary/aromatic N) is 4. The van der Waals surface area contributed by atoms with E-state index in [0.717, 1.165) is 29.0 Å². The van der Waals surface area contributed by atoms with Gasteiger partial charge >= 0.3 is 5.69 Å². The van der Waals surface area contributed by atoms with Gasteiger partial charge in [-0.05, 0) is 43.5 Å². The highest BCUT2D eigenvalue weighted by Gasteiger charge is 2.24. The zero-order valence-electron chi connectivity index (χ0n) is 15.9. The van der Waals surface area contributed by atoms with Crippen LogP contribution in [0.2, 0.25) is 0 Å². The topological polar surface area (TPSA) is 82.2 Å². The lowest BCUT2D eigenvalue weighted by atomic mass is 10.1. The summed E-state index contributed by atoms with van der Waals surface area (Å²) in [6.45, 7) is 4.43. The molecule has 0 radical (unpaired) electrons. The number of pyridine rings is 1. The summed E-state index contributed by atoms with van der Waals surface area (Å²) in [5.74, 6) is 0.627. The van der Waals surface area contributed by atoms with Gasteiger partial charge in [-0.15, -0.1) is 0 Å². The molecule has 2 aromatic heterocycles. The number of carbonyl (C=O) groups excluding carboxylic acids is 1. The fourth-order valence-electron chi connectivity index (χ4n) is 3.66. The average Bonchev–Trinajstić information content (AvgIpc) is 2.72. The predicted octanol–water partition coefficient (Wildman–Crippen LogP) is 0.428. The van der Waals surface area contributed by atoms with Gasteiger partial charge in [-0.25, -0.2) is 4.79 Å². The summed E-state index contributed by atoms with van der Waals surface area (Å²) < 4.78 is 0. The molecule has 1 N–H and O–H groups in total. The van der Waals surface area contributed by atoms with Crippen molar-refractivity contribution in [1.82, 2.24) is 19.9 Å². The number of aromatic amines is 1. The van der Waals surface area contributed by atoms with E-state index in [0.29, 0.717) is 37.7 Å². The summed E-state index contributed by atoms with van der Waals surface area (Å²) >= 11 is 0. The van der Waals surface area contributed by atoms with E-state index in [1.807, 2.05) is 18.2 Å². The Labute approximate surface area is 162 Å². The van der Waals surface area contributed by atoms with Crippen molar-refractivity contribution in [3.8, 4) is 0 Å². The molecular formula is C21H23N5O2. The number of piperazine rings is 1. The van der Waals surface area contributed by atoms with E-state index >= 15 is 0 Å². The maximum Gasteiger partial charge on any atom is 0.347 e. The van der Waals surface area contributed by atoms with Crippen LogP contribution in [0.5, 0.6) is 0 Å². The van der Waals surface area contributed by atoms with Crippen LogP contribution < -0.4 is 21.2 Å². The smallest absolute Gasteiger partial charge is 0.347 e. The molecule has 28 heavy (non-hydrogen) atoms. The number of H-pyrrole nitrogens is 1. The van der Waals surface area contributed by atoms with Crippen LogP contribution in [0, 0.1) is 0 Å². The van der Waals surface area contributed by atoms with E-state index < -0.39 is 0 Å². The fraction of sp³-hybridized carbons (Fsp3) is 0.333. The Hall–Kier alpha value is -3.22. The Morgan fingerprint density at radius 3 is 2.75 bits per heavy atom. The number of rotatable bonds is 2. The van der Waals surface area contributed by atoms with Crippen molar-refractivity contribution < 1.29 is 4.79 Å². The lowest BCUT2D eigenvalue weighted by Crippen LogP contribution is -2.52. The van der Waals surface area contributed by atoms with Crippen molar-refractivity contribution in [3.63, 3.8) is 0 Å². The minimum absolute atomic E-state index is 0.0619. The van der Waals surface area contributed by atoms with Gasteiger partial charge in [0.2, 0.25) is 0 Å². The third-order valence-corrected chi connectivity index (χ3v) is 5.21. The van der Waals surface area contributed by atoms with Gasteiger partial charge < -0.3 is 14.8 Å². The van der Waals surface area contributed by atoms with Gasteiger partial charge in [0, 0.05) is 37.6 Å². The minimum Gasteiger partial charge on any atom is -0.352 e. The van der Waals surface area contributed by atoms with Crippen LogP contribution >= 0.6 is 0 Å². The van der Waals surface area contributed by atoms with Crippen molar-refractivity contribution >= 4 is 23.4 Å². The highest BCUT2D eigenvalue weighted by Crippen LogP contribution is 2.11. The van der Waals surface area contributed by atoms with Crippen LogP contribution in [0.25, 0.3) is 11.6 Å². The van der Waals surface area contributed by atoms with Crippen LogP contribution in [0.1, 0.15) is 30.3 Å². The first-order valence-corrected chi connectivity index (χ1v) is 9.56. The second-order valence-electron chi connectivity index (χ2n) is 7.06. The van der Waals surface area contributed by atoms with Crippen LogP contribution in [0.15, 0.2) is 41.3 Å². The Morgan fingerprint density at radius 2 is 2.00 bits per heavy atom. The van der Waals surface area contributed by atoms with Gasteiger partial charge in [-0.1, -0.05) is 18.2 Å². The SMILES string of the molecule is CC1=c2[nH]c(=O)nc(N3CCN(C(=O)c4ccccn4)CC3)c2=CC=CCC1. The monoisotopic (exact) mass is 377 g/mol. The number of hydrogen-bond acceptors (Lipinski definition) is 5. The van der Waals surface area contributed by atoms with Crippen molar-refractivity contribution in [3.05, 3.63) is 63.3 Å². The molecule has 2 aliphatic rings. The highest BCUT2D eigenvalue weighted by molar-refractivity contribution is 5.92. The minimum atomic E-state index is -0.335. The summed E-state index contributed by atoms with van der Waals surface area (Å²) in [6, 6.07) is 5.34. The number of aromatic nitrogens is 3. The fourth-order valence-corrected chi connectivity index (χ4v) is 3.66. The van der Waals surface area contributed by atoms with Gasteiger partial charge in [0.1, 0.15) is 11.5 Å². The maximum atomic E-state index is 12.6. The molecular weight excluding hydrogens is 354 g/mol. The molecule has 1 fully saturated rings. The Bertz CT molecular complexity index is 1080. The molecule has 0 atom stereocenters. The largest absolute Gasteiger partial charge is 0.352 e. The van der Waals surface area contributed by atoms with E-state index in [2.05, 4.69) is 32.9 Å². The molecule has 0 unspecified atom stereocenters. The molecule has 0 saturated carbocycles. The molecule has 7 nitrogen and oxygen atoms in total. The standard InChI is InChI=1S/C21H23N5O2/c1-15-7-3-2-4-8-16-18(15)23-21(28)24-19(16)25-11-13-26(14-12-25)20(27)17-9-5-6-10-22-17/h2,4-6,8-10H,3,7,11-14H2,1H3,(H,23,28). The van der Waals surface area contributed by atoms with Crippen LogP contribution in [0.3, 0.4) is 0 Å². The molecule has 0 spiro atoms. The lowest BCUT2D eigenvalue weighted by Gasteiger charge is -2.35. The molecule has 0 bridgehead atoms. The third-order valence-electron chi connectivity index (χ3n) is 5.21. The summed E-state index contributed by atoms with van der Waals surface area (Å²) in [4.78, 5) is 40.0. The van der Waals surface area contributed by atoms with Gasteiger partial charge in [0.05, 0.1) is 5.35 Å². The van der Waals surface area contributed by atoms with Crippen LogP contribution in [0.4, 0.5) is 5.82 Å². The molecule has 0 aromatic carbocycles. The highest BCUT2D eigenvalue weighted by atomic mass is 16.2. The van der Waals surface area contributed by atoms with E-state index in [1.165, 1.54) is 0 Å². The van der Waals surface area contributed by atoms with Gasteiger partial charge in [-0.2, -0.15) is 4.98 Å². The normalized spacial score (nSPS) is 16.8. The van der Waals surface area contributed by atoms with Crippen molar-refractivity contribution in [2.75, 3.05) is 31.1 Å². The van der Waals surface area contributed by atoms with E-state index in [4.69, 9.17) is 0 Å². The molecule has 4 rings (SSSR count). The maximum absolute atomic E-state index is 12.6. The summed E-state index contributed by atoms with van der Waals surface area (Å²) in [7, 11) is 0. The lowest BCUT2D eigenvalue weighted by molar-refractivity contribution is 0.0740. The molecule has 1 saturated heterocycles. The number of hydrogen-bond donors (Lipinski definition) is 1. The predicted molar refractivity (Wildman–Crippen MR) is 108 cm³/mol. The molecule has 1 aliphatic heterocycles. The number of allylic oxidation sites excluding steroid dienone is 2. The zero-order chi connectivity index (χ0) is 19.5. The summed E-state index contributed by atoms with van der Waals surface area (Å²) in [6.07, 6.45) is 9.66. The number of nitrogens with one attached hydrogen (secondary N) is 1. The van der Waals surface area contributed by atoms with Crippen molar-refractivity contribution in [2.45, 2.75) is 19.8 Å². The van der Waals surface area contributed by atoms with E-state index in [-0.39, 0.29) is 11.6 Å². The zero-order valence-corrected chi connectivity index (χ0v) is 15.9. The van der Waals surface area contributed by atoms with Crippen molar-refractivity contribution in [1.29, 1.82) is 0 Å². The first-order chi connectivity index (χ1) is 13.6. The average molecular weight is 377 g/mol. The van der Waals surface area contributed by atoms with E-state index in [9.17, 15) is 9.59 Å². The first-order valence-electron chi connectivity index (χ1n) is 9.56. The number of anilines is 1. The molecule has 7 heteroatoms. The second-order valence-corrected chi connectivity index (χ2v) is 7.06. The van der Waals surface area contributed by atoms with Crippen molar-refractivity contribution in [2.24, 2.45) is 0 Å². The molecule has 2 aromatic rings. The first kappa shape index (κ1) is 18.2. The summed E-state index contributed by atoms with van der Waals surface area (Å²) in [5, 5.41) is 1.81. The Morgan fingerprint density at radius 1 is 1.18 bits per heavy atom. The molecule has 1 aliphatic carbocycles. The Kier molecular flexibility index (Phi) is 5.06. The molecule has 144 valence electrons. The second kappa shape index (κ2) is 7.80. The van der Waals surface area contributed by atoms with Gasteiger partial charge in [0.15, 0.2) is 0 Å².